The molecule has 0 aliphatic heterocycles. The maximum atomic E-state index is 6.15. The van der Waals surface area contributed by atoms with Gasteiger partial charge in [0.05, 0.1) is 9.26 Å². The maximum absolute atomic E-state index is 6.15. The van der Waals surface area contributed by atoms with Gasteiger partial charge in [-0.1, -0.05) is 31.0 Å². The fourth-order valence-electron chi connectivity index (χ4n) is 1.58. The van der Waals surface area contributed by atoms with Gasteiger partial charge in [-0.2, -0.15) is 0 Å². The van der Waals surface area contributed by atoms with Gasteiger partial charge in [0.1, 0.15) is 10.8 Å². The zero-order chi connectivity index (χ0) is 13.1. The topological polar surface area (TPSA) is 38.7 Å². The predicted molar refractivity (Wildman–Crippen MR) is 81.7 cm³/mol. The first-order valence-electron chi connectivity index (χ1n) is 5.76. The summed E-state index contributed by atoms with van der Waals surface area (Å²) in [5.41, 5.74) is 2.87. The molecule has 0 atom stereocenters. The van der Waals surface area contributed by atoms with Crippen molar-refractivity contribution in [2.75, 3.05) is 0 Å². The molecule has 0 saturated heterocycles. The third kappa shape index (κ3) is 2.98. The summed E-state index contributed by atoms with van der Waals surface area (Å²) in [7, 11) is 0. The first-order valence-corrected chi connectivity index (χ1v) is 7.22. The van der Waals surface area contributed by atoms with Crippen molar-refractivity contribution in [3.8, 4) is 11.5 Å². The molecule has 2 heterocycles. The van der Waals surface area contributed by atoms with Crippen LogP contribution in [0.4, 0.5) is 0 Å². The van der Waals surface area contributed by atoms with E-state index in [1.165, 1.54) is 0 Å². The summed E-state index contributed by atoms with van der Waals surface area (Å²) in [6.45, 7) is 4.12. The quantitative estimate of drug-likeness (QED) is 0.601. The lowest BCUT2D eigenvalue weighted by Gasteiger charge is -2.07. The minimum absolute atomic E-state index is 0.506. The van der Waals surface area contributed by atoms with Crippen molar-refractivity contribution in [1.82, 2.24) is 15.0 Å². The zero-order valence-corrected chi connectivity index (χ0v) is 13.2. The number of pyridine rings is 1. The molecular weight excluding hydrogens is 361 g/mol. The highest BCUT2D eigenvalue weighted by Crippen LogP contribution is 2.23. The fraction of sp³-hybridized carbons (Fsp3) is 0.308. The third-order valence-electron chi connectivity index (χ3n) is 2.51. The molecule has 3 nitrogen and oxygen atoms in total. The van der Waals surface area contributed by atoms with Gasteiger partial charge < -0.3 is 0 Å². The van der Waals surface area contributed by atoms with Crippen molar-refractivity contribution in [3.63, 3.8) is 0 Å². The van der Waals surface area contributed by atoms with Gasteiger partial charge in [-0.05, 0) is 47.6 Å². The first-order chi connectivity index (χ1) is 8.61. The van der Waals surface area contributed by atoms with Crippen molar-refractivity contribution in [2.45, 2.75) is 26.7 Å². The van der Waals surface area contributed by atoms with Gasteiger partial charge in [-0.3, -0.25) is 4.98 Å². The van der Waals surface area contributed by atoms with Crippen molar-refractivity contribution in [3.05, 3.63) is 38.3 Å². The van der Waals surface area contributed by atoms with Gasteiger partial charge in [0, 0.05) is 6.20 Å². The van der Waals surface area contributed by atoms with Crippen molar-refractivity contribution in [2.24, 2.45) is 0 Å². The van der Waals surface area contributed by atoms with Crippen LogP contribution in [0.3, 0.4) is 0 Å². The highest BCUT2D eigenvalue weighted by atomic mass is 127. The number of aryl methyl sites for hydroxylation is 2. The molecule has 18 heavy (non-hydrogen) atoms. The molecule has 2 rings (SSSR count). The van der Waals surface area contributed by atoms with Gasteiger partial charge in [-0.25, -0.2) is 9.97 Å². The monoisotopic (exact) mass is 373 g/mol. The van der Waals surface area contributed by atoms with E-state index in [0.717, 1.165) is 33.4 Å². The van der Waals surface area contributed by atoms with Crippen LogP contribution in [0.15, 0.2) is 18.3 Å². The summed E-state index contributed by atoms with van der Waals surface area (Å²) in [4.78, 5) is 13.2. The normalized spacial score (nSPS) is 10.7. The van der Waals surface area contributed by atoms with Crippen LogP contribution in [0, 0.1) is 10.5 Å². The molecule has 0 N–H and O–H groups in total. The van der Waals surface area contributed by atoms with Crippen molar-refractivity contribution >= 4 is 34.2 Å². The molecule has 0 fully saturated rings. The summed E-state index contributed by atoms with van der Waals surface area (Å²) in [5.74, 6) is 0.601. The van der Waals surface area contributed by atoms with E-state index in [-0.39, 0.29) is 0 Å². The number of hydrogen-bond acceptors (Lipinski definition) is 3. The number of aromatic nitrogens is 3. The Kier molecular flexibility index (Phi) is 4.50. The van der Waals surface area contributed by atoms with Crippen LogP contribution in [0.5, 0.6) is 0 Å². The molecule has 5 heteroatoms. The van der Waals surface area contributed by atoms with Crippen LogP contribution in [0.2, 0.25) is 5.15 Å². The highest BCUT2D eigenvalue weighted by Gasteiger charge is 2.12. The maximum Gasteiger partial charge on any atom is 0.179 e. The van der Waals surface area contributed by atoms with Crippen LogP contribution >= 0.6 is 34.2 Å². The molecular formula is C13H13ClIN3. The van der Waals surface area contributed by atoms with E-state index in [1.54, 1.807) is 0 Å². The average Bonchev–Trinajstić information content (AvgIpc) is 2.36. The fourth-order valence-corrected chi connectivity index (χ4v) is 2.28. The minimum Gasteiger partial charge on any atom is -0.253 e. The van der Waals surface area contributed by atoms with Crippen molar-refractivity contribution in [1.29, 1.82) is 0 Å². The molecule has 94 valence electrons. The van der Waals surface area contributed by atoms with E-state index in [9.17, 15) is 0 Å². The molecule has 0 amide bonds. The van der Waals surface area contributed by atoms with Crippen LogP contribution in [-0.4, -0.2) is 15.0 Å². The number of halogens is 2. The average molecular weight is 374 g/mol. The van der Waals surface area contributed by atoms with E-state index < -0.39 is 0 Å². The molecule has 0 aliphatic rings. The van der Waals surface area contributed by atoms with E-state index in [4.69, 9.17) is 11.6 Å². The Morgan fingerprint density at radius 2 is 2.06 bits per heavy atom. The van der Waals surface area contributed by atoms with Crippen LogP contribution in [-0.2, 0) is 6.42 Å². The first kappa shape index (κ1) is 13.7. The second-order valence-corrected chi connectivity index (χ2v) is 5.51. The summed E-state index contributed by atoms with van der Waals surface area (Å²) in [6, 6.07) is 3.92. The number of hydrogen-bond donors (Lipinski definition) is 0. The Hall–Kier alpha value is -0.750. The Labute approximate surface area is 125 Å². The van der Waals surface area contributed by atoms with Gasteiger partial charge in [0.2, 0.25) is 0 Å². The zero-order valence-electron chi connectivity index (χ0n) is 10.2. The second kappa shape index (κ2) is 5.93. The molecule has 0 saturated carbocycles. The highest BCUT2D eigenvalue weighted by molar-refractivity contribution is 14.1. The van der Waals surface area contributed by atoms with Crippen LogP contribution < -0.4 is 0 Å². The Morgan fingerprint density at radius 1 is 1.28 bits per heavy atom. The molecule has 2 aromatic heterocycles. The van der Waals surface area contributed by atoms with Crippen LogP contribution in [0.1, 0.15) is 24.6 Å². The largest absolute Gasteiger partial charge is 0.253 e. The molecule has 0 radical (unpaired) electrons. The molecule has 0 spiro atoms. The minimum atomic E-state index is 0.506. The molecule has 0 aromatic carbocycles. The van der Waals surface area contributed by atoms with Gasteiger partial charge >= 0.3 is 0 Å². The third-order valence-corrected chi connectivity index (χ3v) is 4.23. The molecule has 2 aromatic rings. The predicted octanol–water partition coefficient (Wildman–Crippen LogP) is 4.06. The van der Waals surface area contributed by atoms with Gasteiger partial charge in [-0.15, -0.1) is 0 Å². The SMILES string of the molecule is CCCc1nc(-c2ccc(C)cn2)nc(Cl)c1I. The van der Waals surface area contributed by atoms with E-state index in [0.29, 0.717) is 11.0 Å². The van der Waals surface area contributed by atoms with E-state index in [1.807, 2.05) is 25.3 Å². The lowest BCUT2D eigenvalue weighted by molar-refractivity contribution is 0.865. The molecule has 0 bridgehead atoms. The number of nitrogens with zero attached hydrogens (tertiary/aromatic N) is 3. The second-order valence-electron chi connectivity index (χ2n) is 4.07. The van der Waals surface area contributed by atoms with Gasteiger partial charge in [0.25, 0.3) is 0 Å². The Bertz CT molecular complexity index is 555. The summed E-state index contributed by atoms with van der Waals surface area (Å²) >= 11 is 8.34. The van der Waals surface area contributed by atoms with Gasteiger partial charge in [0.15, 0.2) is 5.82 Å². The molecule has 0 unspecified atom stereocenters. The van der Waals surface area contributed by atoms with Crippen LogP contribution in [0.25, 0.3) is 11.5 Å². The summed E-state index contributed by atoms with van der Waals surface area (Å²) in [5, 5.41) is 0.506. The summed E-state index contributed by atoms with van der Waals surface area (Å²) < 4.78 is 0.937. The standard InChI is InChI=1S/C13H13ClIN3/c1-3-4-9-11(15)12(14)18-13(17-9)10-6-5-8(2)7-16-10/h5-7H,3-4H2,1-2H3. The lowest BCUT2D eigenvalue weighted by atomic mass is 10.2. The Morgan fingerprint density at radius 3 is 2.67 bits per heavy atom. The summed E-state index contributed by atoms with van der Waals surface area (Å²) in [6.07, 6.45) is 3.74. The smallest absolute Gasteiger partial charge is 0.179 e. The van der Waals surface area contributed by atoms with E-state index >= 15 is 0 Å². The Balaban J connectivity index is 2.48. The lowest BCUT2D eigenvalue weighted by Crippen LogP contribution is -2.01. The molecule has 0 aliphatic carbocycles. The number of rotatable bonds is 3. The van der Waals surface area contributed by atoms with Crippen molar-refractivity contribution < 1.29 is 0 Å². The van der Waals surface area contributed by atoms with E-state index in [2.05, 4.69) is 44.5 Å².